The van der Waals surface area contributed by atoms with E-state index in [-0.39, 0.29) is 17.3 Å². The van der Waals surface area contributed by atoms with E-state index in [4.69, 9.17) is 4.98 Å². The topological polar surface area (TPSA) is 77.1 Å². The number of rotatable bonds is 5. The summed E-state index contributed by atoms with van der Waals surface area (Å²) in [4.78, 5) is 32.8. The third kappa shape index (κ3) is 3.98. The molecule has 170 valence electrons. The van der Waals surface area contributed by atoms with Crippen LogP contribution in [-0.2, 0) is 27.1 Å². The zero-order valence-electron chi connectivity index (χ0n) is 18.9. The molecule has 1 N–H and O–H groups in total. The molecule has 1 fully saturated rings. The lowest BCUT2D eigenvalue weighted by Crippen LogP contribution is -2.52. The fraction of sp³-hybridized carbons (Fsp3) is 0.320. The van der Waals surface area contributed by atoms with Crippen molar-refractivity contribution < 1.29 is 0 Å². The lowest BCUT2D eigenvalue weighted by Gasteiger charge is -2.34. The smallest absolute Gasteiger partial charge is 0.332 e. The molecule has 0 aliphatic carbocycles. The van der Waals surface area contributed by atoms with E-state index < -0.39 is 0 Å². The quantitative estimate of drug-likeness (QED) is 0.505. The Bertz CT molecular complexity index is 1390. The highest BCUT2D eigenvalue weighted by Gasteiger charge is 2.27. The van der Waals surface area contributed by atoms with Crippen molar-refractivity contribution in [1.29, 1.82) is 0 Å². The third-order valence-electron chi connectivity index (χ3n) is 6.37. The molecule has 8 nitrogen and oxygen atoms in total. The molecule has 0 amide bonds. The van der Waals surface area contributed by atoms with Crippen LogP contribution < -0.4 is 21.5 Å². The van der Waals surface area contributed by atoms with Gasteiger partial charge in [0.05, 0.1) is 6.54 Å². The number of aromatic nitrogens is 4. The molecular formula is C25H28N6O2. The zero-order valence-corrected chi connectivity index (χ0v) is 18.9. The van der Waals surface area contributed by atoms with Crippen molar-refractivity contribution in [2.75, 3.05) is 24.5 Å². The Morgan fingerprint density at radius 2 is 1.61 bits per heavy atom. The lowest BCUT2D eigenvalue weighted by atomic mass is 10.0. The first-order chi connectivity index (χ1) is 16.0. The second kappa shape index (κ2) is 8.71. The van der Waals surface area contributed by atoms with Crippen molar-refractivity contribution in [3.63, 3.8) is 0 Å². The predicted octanol–water partition coefficient (Wildman–Crippen LogP) is 1.50. The first-order valence-electron chi connectivity index (χ1n) is 11.3. The summed E-state index contributed by atoms with van der Waals surface area (Å²) in [5.41, 5.74) is 2.55. The first kappa shape index (κ1) is 21.2. The number of fused-ring (bicyclic) bond motifs is 1. The number of nitrogens with zero attached hydrogens (tertiary/aromatic N) is 5. The van der Waals surface area contributed by atoms with Crippen molar-refractivity contribution >= 4 is 17.1 Å². The Balaban J connectivity index is 1.58. The number of anilines is 1. The molecule has 4 aromatic rings. The summed E-state index contributed by atoms with van der Waals surface area (Å²) in [5, 5.41) is 3.61. The molecular weight excluding hydrogens is 416 g/mol. The minimum Gasteiger partial charge on any atom is -0.339 e. The number of benzene rings is 2. The standard InChI is InChI=1S/C25H28N6O2/c1-28-22-21(23(32)29(2)25(28)33)31(16-19-11-7-4-8-12-19)24(27-22)30-14-13-26-20(17-30)15-18-9-5-3-6-10-18/h3-12,20,26H,13-17H2,1-2H3/t20-/m0/s1. The fourth-order valence-corrected chi connectivity index (χ4v) is 4.63. The van der Waals surface area contributed by atoms with E-state index in [0.29, 0.717) is 17.7 Å². The Morgan fingerprint density at radius 3 is 2.30 bits per heavy atom. The number of hydrogen-bond donors (Lipinski definition) is 1. The monoisotopic (exact) mass is 444 g/mol. The molecule has 1 atom stereocenters. The van der Waals surface area contributed by atoms with Gasteiger partial charge >= 0.3 is 5.69 Å². The molecule has 2 aromatic carbocycles. The number of nitrogens with one attached hydrogen (secondary N) is 1. The van der Waals surface area contributed by atoms with Gasteiger partial charge in [-0.1, -0.05) is 60.7 Å². The van der Waals surface area contributed by atoms with Crippen LogP contribution in [0.25, 0.3) is 11.2 Å². The van der Waals surface area contributed by atoms with Gasteiger partial charge in [0.15, 0.2) is 11.2 Å². The normalized spacial score (nSPS) is 16.4. The average Bonchev–Trinajstić information content (AvgIpc) is 3.22. The number of hydrogen-bond acceptors (Lipinski definition) is 5. The van der Waals surface area contributed by atoms with Crippen LogP contribution in [0.5, 0.6) is 0 Å². The number of imidazole rings is 1. The Hall–Kier alpha value is -3.65. The van der Waals surface area contributed by atoms with Crippen LogP contribution in [0.2, 0.25) is 0 Å². The van der Waals surface area contributed by atoms with E-state index in [2.05, 4.69) is 34.5 Å². The van der Waals surface area contributed by atoms with Gasteiger partial charge in [-0.3, -0.25) is 18.5 Å². The van der Waals surface area contributed by atoms with Crippen LogP contribution in [0, 0.1) is 0 Å². The second-order valence-corrected chi connectivity index (χ2v) is 8.65. The largest absolute Gasteiger partial charge is 0.339 e. The van der Waals surface area contributed by atoms with Crippen LogP contribution in [0.15, 0.2) is 70.3 Å². The van der Waals surface area contributed by atoms with E-state index in [1.807, 2.05) is 41.0 Å². The van der Waals surface area contributed by atoms with Gasteiger partial charge in [-0.15, -0.1) is 0 Å². The molecule has 0 bridgehead atoms. The highest BCUT2D eigenvalue weighted by atomic mass is 16.2. The number of piperazine rings is 1. The fourth-order valence-electron chi connectivity index (χ4n) is 4.63. The van der Waals surface area contributed by atoms with Crippen molar-refractivity contribution in [3.05, 3.63) is 92.6 Å². The molecule has 1 aliphatic rings. The van der Waals surface area contributed by atoms with Gasteiger partial charge in [0, 0.05) is 39.8 Å². The van der Waals surface area contributed by atoms with Crippen LogP contribution >= 0.6 is 0 Å². The lowest BCUT2D eigenvalue weighted by molar-refractivity contribution is 0.447. The Morgan fingerprint density at radius 1 is 0.939 bits per heavy atom. The van der Waals surface area contributed by atoms with Gasteiger partial charge in [0.1, 0.15) is 0 Å². The summed E-state index contributed by atoms with van der Waals surface area (Å²) in [5.74, 6) is 0.728. The molecule has 3 heterocycles. The van der Waals surface area contributed by atoms with Gasteiger partial charge in [0.25, 0.3) is 5.56 Å². The predicted molar refractivity (Wildman–Crippen MR) is 130 cm³/mol. The maximum atomic E-state index is 13.2. The maximum Gasteiger partial charge on any atom is 0.332 e. The van der Waals surface area contributed by atoms with Crippen LogP contribution in [0.3, 0.4) is 0 Å². The van der Waals surface area contributed by atoms with Crippen LogP contribution in [0.1, 0.15) is 11.1 Å². The number of aryl methyl sites for hydroxylation is 1. The summed E-state index contributed by atoms with van der Waals surface area (Å²) in [6.45, 7) is 2.87. The second-order valence-electron chi connectivity index (χ2n) is 8.65. The molecule has 1 saturated heterocycles. The molecule has 5 rings (SSSR count). The van der Waals surface area contributed by atoms with Gasteiger partial charge in [0.2, 0.25) is 5.95 Å². The van der Waals surface area contributed by atoms with Crippen molar-refractivity contribution in [3.8, 4) is 0 Å². The van der Waals surface area contributed by atoms with Gasteiger partial charge in [-0.05, 0) is 17.5 Å². The van der Waals surface area contributed by atoms with Crippen LogP contribution in [0.4, 0.5) is 5.95 Å². The molecule has 0 saturated carbocycles. The molecule has 0 spiro atoms. The van der Waals surface area contributed by atoms with Crippen molar-refractivity contribution in [1.82, 2.24) is 24.0 Å². The summed E-state index contributed by atoms with van der Waals surface area (Å²) in [6, 6.07) is 20.7. The van der Waals surface area contributed by atoms with Crippen LogP contribution in [-0.4, -0.2) is 44.4 Å². The van der Waals surface area contributed by atoms with E-state index in [1.165, 1.54) is 17.2 Å². The van der Waals surface area contributed by atoms with E-state index in [1.54, 1.807) is 7.05 Å². The SMILES string of the molecule is Cn1c(=O)c2c(nc(N3CCN[C@@H](Cc4ccccc4)C3)n2Cc2ccccc2)n(C)c1=O. The molecule has 8 heteroatoms. The van der Waals surface area contributed by atoms with Gasteiger partial charge in [-0.2, -0.15) is 4.98 Å². The van der Waals surface area contributed by atoms with E-state index in [0.717, 1.165) is 42.1 Å². The molecule has 1 aliphatic heterocycles. The molecule has 0 unspecified atom stereocenters. The zero-order chi connectivity index (χ0) is 22.9. The summed E-state index contributed by atoms with van der Waals surface area (Å²) in [7, 11) is 3.19. The van der Waals surface area contributed by atoms with E-state index in [9.17, 15) is 9.59 Å². The summed E-state index contributed by atoms with van der Waals surface area (Å²) < 4.78 is 4.59. The van der Waals surface area contributed by atoms with E-state index >= 15 is 0 Å². The highest BCUT2D eigenvalue weighted by molar-refractivity contribution is 5.75. The highest BCUT2D eigenvalue weighted by Crippen LogP contribution is 2.23. The average molecular weight is 445 g/mol. The summed E-state index contributed by atoms with van der Waals surface area (Å²) in [6.07, 6.45) is 0.913. The Labute approximate surface area is 191 Å². The Kier molecular flexibility index (Phi) is 5.60. The first-order valence-corrected chi connectivity index (χ1v) is 11.3. The van der Waals surface area contributed by atoms with Crippen molar-refractivity contribution in [2.45, 2.75) is 19.0 Å². The van der Waals surface area contributed by atoms with Gasteiger partial charge < -0.3 is 10.2 Å². The minimum absolute atomic E-state index is 0.262. The maximum absolute atomic E-state index is 13.2. The molecule has 2 aromatic heterocycles. The third-order valence-corrected chi connectivity index (χ3v) is 6.37. The molecule has 0 radical (unpaired) electrons. The summed E-state index contributed by atoms with van der Waals surface area (Å²) >= 11 is 0. The minimum atomic E-state index is -0.370. The van der Waals surface area contributed by atoms with Crippen molar-refractivity contribution in [2.24, 2.45) is 14.1 Å². The molecule has 33 heavy (non-hydrogen) atoms. The van der Waals surface area contributed by atoms with Gasteiger partial charge in [-0.25, -0.2) is 4.79 Å².